The van der Waals surface area contributed by atoms with Crippen molar-refractivity contribution in [2.75, 3.05) is 0 Å². The molecule has 0 saturated carbocycles. The van der Waals surface area contributed by atoms with E-state index in [9.17, 15) is 13.2 Å². The van der Waals surface area contributed by atoms with E-state index in [1.54, 1.807) is 12.1 Å². The zero-order chi connectivity index (χ0) is 19.7. The van der Waals surface area contributed by atoms with E-state index >= 15 is 0 Å². The molecule has 0 radical (unpaired) electrons. The monoisotopic (exact) mass is 382 g/mol. The van der Waals surface area contributed by atoms with Gasteiger partial charge >= 0.3 is 0 Å². The molecule has 28 heavy (non-hydrogen) atoms. The molecule has 0 saturated heterocycles. The molecule has 0 amide bonds. The Labute approximate surface area is 164 Å². The van der Waals surface area contributed by atoms with Crippen LogP contribution in [0.15, 0.2) is 48.5 Å². The van der Waals surface area contributed by atoms with Gasteiger partial charge in [0, 0.05) is 11.3 Å². The second kappa shape index (κ2) is 7.98. The molecule has 1 aliphatic carbocycles. The van der Waals surface area contributed by atoms with Crippen LogP contribution in [-0.4, -0.2) is 0 Å². The average molecular weight is 382 g/mol. The minimum Gasteiger partial charge on any atom is -0.206 e. The highest BCUT2D eigenvalue weighted by Crippen LogP contribution is 2.45. The van der Waals surface area contributed by atoms with Gasteiger partial charge in [-0.05, 0) is 65.5 Å². The standard InChI is InChI=1S/C25H25F3/c1-2-3-4-6-16-9-11-19-18-7-5-8-22(26)20(18)12-13-21(19)25(16)17-10-14-23(27)24(28)15-17/h5,7-8,10,12-16,25H,2-4,6,9,11H2,1H3/t16-,25-/m1/s1. The van der Waals surface area contributed by atoms with Crippen LogP contribution in [-0.2, 0) is 6.42 Å². The van der Waals surface area contributed by atoms with Gasteiger partial charge in [0.25, 0.3) is 0 Å². The van der Waals surface area contributed by atoms with Gasteiger partial charge in [0.15, 0.2) is 11.6 Å². The highest BCUT2D eigenvalue weighted by molar-refractivity contribution is 5.88. The van der Waals surface area contributed by atoms with E-state index in [4.69, 9.17) is 0 Å². The molecule has 0 unspecified atom stereocenters. The topological polar surface area (TPSA) is 0 Å². The third-order valence-electron chi connectivity index (χ3n) is 6.21. The number of rotatable bonds is 5. The molecule has 0 N–H and O–H groups in total. The summed E-state index contributed by atoms with van der Waals surface area (Å²) in [5.41, 5.74) is 3.10. The molecule has 0 aliphatic heterocycles. The molecule has 3 aromatic carbocycles. The van der Waals surface area contributed by atoms with Crippen LogP contribution in [0.1, 0.15) is 61.6 Å². The van der Waals surface area contributed by atoms with Crippen LogP contribution < -0.4 is 0 Å². The van der Waals surface area contributed by atoms with Gasteiger partial charge in [0.05, 0.1) is 0 Å². The summed E-state index contributed by atoms with van der Waals surface area (Å²) in [5, 5.41) is 1.58. The fourth-order valence-electron chi connectivity index (χ4n) is 4.84. The minimum absolute atomic E-state index is 0.0170. The Hall–Kier alpha value is -2.29. The summed E-state index contributed by atoms with van der Waals surface area (Å²) < 4.78 is 41.8. The first kappa shape index (κ1) is 19.0. The van der Waals surface area contributed by atoms with Gasteiger partial charge in [-0.2, -0.15) is 0 Å². The molecule has 0 aromatic heterocycles. The normalized spacial score (nSPS) is 19.0. The van der Waals surface area contributed by atoms with Gasteiger partial charge < -0.3 is 0 Å². The Balaban J connectivity index is 1.83. The van der Waals surface area contributed by atoms with Crippen molar-refractivity contribution in [1.29, 1.82) is 0 Å². The number of unbranched alkanes of at least 4 members (excludes halogenated alkanes) is 2. The molecular weight excluding hydrogens is 357 g/mol. The molecule has 1 aliphatic rings. The number of hydrogen-bond donors (Lipinski definition) is 0. The maximum Gasteiger partial charge on any atom is 0.159 e. The highest BCUT2D eigenvalue weighted by atomic mass is 19.2. The lowest BCUT2D eigenvalue weighted by Crippen LogP contribution is -2.22. The lowest BCUT2D eigenvalue weighted by atomic mass is 9.69. The smallest absolute Gasteiger partial charge is 0.159 e. The first-order chi connectivity index (χ1) is 13.6. The molecule has 3 aromatic rings. The summed E-state index contributed by atoms with van der Waals surface area (Å²) in [6.45, 7) is 2.18. The second-order valence-electron chi connectivity index (χ2n) is 7.91. The second-order valence-corrected chi connectivity index (χ2v) is 7.91. The Morgan fingerprint density at radius 3 is 2.50 bits per heavy atom. The van der Waals surface area contributed by atoms with Gasteiger partial charge in [-0.1, -0.05) is 56.5 Å². The summed E-state index contributed by atoms with van der Waals surface area (Å²) in [6.07, 6.45) is 6.42. The van der Waals surface area contributed by atoms with Crippen LogP contribution in [0.2, 0.25) is 0 Å². The first-order valence-electron chi connectivity index (χ1n) is 10.2. The third-order valence-corrected chi connectivity index (χ3v) is 6.21. The number of fused-ring (bicyclic) bond motifs is 3. The Morgan fingerprint density at radius 2 is 1.71 bits per heavy atom. The van der Waals surface area contributed by atoms with Crippen LogP contribution >= 0.6 is 0 Å². The SMILES string of the molecule is CCCCC[C@@H]1CCc2c(ccc3c(F)cccc23)[C@H]1c1ccc(F)c(F)c1. The summed E-state index contributed by atoms with van der Waals surface area (Å²) in [6, 6.07) is 13.3. The number of hydrogen-bond acceptors (Lipinski definition) is 0. The fraction of sp³-hybridized carbons (Fsp3) is 0.360. The van der Waals surface area contributed by atoms with E-state index in [-0.39, 0.29) is 11.7 Å². The maximum atomic E-state index is 14.3. The Morgan fingerprint density at radius 1 is 0.857 bits per heavy atom. The van der Waals surface area contributed by atoms with Gasteiger partial charge in [0.2, 0.25) is 0 Å². The zero-order valence-corrected chi connectivity index (χ0v) is 16.2. The predicted molar refractivity (Wildman–Crippen MR) is 108 cm³/mol. The van der Waals surface area contributed by atoms with Gasteiger partial charge in [-0.3, -0.25) is 0 Å². The van der Waals surface area contributed by atoms with E-state index in [2.05, 4.69) is 6.92 Å². The van der Waals surface area contributed by atoms with Crippen molar-refractivity contribution >= 4 is 10.8 Å². The first-order valence-corrected chi connectivity index (χ1v) is 10.2. The van der Waals surface area contributed by atoms with Crippen molar-refractivity contribution in [1.82, 2.24) is 0 Å². The van der Waals surface area contributed by atoms with Crippen molar-refractivity contribution < 1.29 is 13.2 Å². The molecule has 0 nitrogen and oxygen atoms in total. The van der Waals surface area contributed by atoms with Crippen LogP contribution in [0, 0.1) is 23.4 Å². The van der Waals surface area contributed by atoms with Crippen LogP contribution in [0.5, 0.6) is 0 Å². The summed E-state index contributed by atoms with van der Waals surface area (Å²) in [5.74, 6) is -1.43. The Bertz CT molecular complexity index is 992. The van der Waals surface area contributed by atoms with E-state index in [1.807, 2.05) is 18.2 Å². The van der Waals surface area contributed by atoms with Crippen molar-refractivity contribution in [2.24, 2.45) is 5.92 Å². The third kappa shape index (κ3) is 3.43. The van der Waals surface area contributed by atoms with Crippen LogP contribution in [0.25, 0.3) is 10.8 Å². The zero-order valence-electron chi connectivity index (χ0n) is 16.2. The van der Waals surface area contributed by atoms with Crippen molar-refractivity contribution in [3.63, 3.8) is 0 Å². The molecule has 0 spiro atoms. The molecule has 3 heteroatoms. The van der Waals surface area contributed by atoms with E-state index < -0.39 is 11.6 Å². The van der Waals surface area contributed by atoms with E-state index in [0.29, 0.717) is 11.3 Å². The van der Waals surface area contributed by atoms with Gasteiger partial charge in [0.1, 0.15) is 5.82 Å². The fourth-order valence-corrected chi connectivity index (χ4v) is 4.84. The Kier molecular flexibility index (Phi) is 5.43. The average Bonchev–Trinajstić information content (AvgIpc) is 2.70. The van der Waals surface area contributed by atoms with Crippen LogP contribution in [0.4, 0.5) is 13.2 Å². The number of aryl methyl sites for hydroxylation is 1. The summed E-state index contributed by atoms with van der Waals surface area (Å²) in [4.78, 5) is 0. The van der Waals surface area contributed by atoms with Gasteiger partial charge in [-0.15, -0.1) is 0 Å². The molecule has 4 rings (SSSR count). The summed E-state index contributed by atoms with van der Waals surface area (Å²) in [7, 11) is 0. The van der Waals surface area contributed by atoms with E-state index in [0.717, 1.165) is 54.2 Å². The molecule has 2 atom stereocenters. The minimum atomic E-state index is -0.817. The highest BCUT2D eigenvalue weighted by Gasteiger charge is 2.32. The van der Waals surface area contributed by atoms with E-state index in [1.165, 1.54) is 24.6 Å². The largest absolute Gasteiger partial charge is 0.206 e. The summed E-state index contributed by atoms with van der Waals surface area (Å²) >= 11 is 0. The number of halogens is 3. The van der Waals surface area contributed by atoms with Crippen molar-refractivity contribution in [3.8, 4) is 0 Å². The lowest BCUT2D eigenvalue weighted by molar-refractivity contribution is 0.368. The van der Waals surface area contributed by atoms with Crippen molar-refractivity contribution in [2.45, 2.75) is 51.4 Å². The lowest BCUT2D eigenvalue weighted by Gasteiger charge is -2.35. The van der Waals surface area contributed by atoms with Crippen molar-refractivity contribution in [3.05, 3.63) is 82.7 Å². The molecule has 146 valence electrons. The van der Waals surface area contributed by atoms with Gasteiger partial charge in [-0.25, -0.2) is 13.2 Å². The van der Waals surface area contributed by atoms with Crippen LogP contribution in [0.3, 0.4) is 0 Å². The number of benzene rings is 3. The molecule has 0 bridgehead atoms. The quantitative estimate of drug-likeness (QED) is 0.400. The molecule has 0 heterocycles. The predicted octanol–water partition coefficient (Wildman–Crippen LogP) is 7.53. The maximum absolute atomic E-state index is 14.3. The molecular formula is C25H25F3. The molecule has 0 fully saturated rings.